The van der Waals surface area contributed by atoms with Crippen LogP contribution in [0.15, 0.2) is 29.1 Å². The molecule has 7 heteroatoms. The molecule has 0 bridgehead atoms. The summed E-state index contributed by atoms with van der Waals surface area (Å²) in [6.07, 6.45) is 0.827. The number of pyridine rings is 1. The topological polar surface area (TPSA) is 65.0 Å². The minimum Gasteiger partial charge on any atom is -0.476 e. The van der Waals surface area contributed by atoms with E-state index in [1.807, 2.05) is 6.92 Å². The van der Waals surface area contributed by atoms with Gasteiger partial charge in [0.15, 0.2) is 11.3 Å². The molecular formula is C23H29N3O4. The van der Waals surface area contributed by atoms with Gasteiger partial charge in [0.2, 0.25) is 0 Å². The van der Waals surface area contributed by atoms with Crippen molar-refractivity contribution in [3.8, 4) is 17.1 Å². The molecule has 7 nitrogen and oxygen atoms in total. The second-order valence-corrected chi connectivity index (χ2v) is 8.18. The number of anilines is 1. The van der Waals surface area contributed by atoms with Crippen LogP contribution in [0.4, 0.5) is 5.69 Å². The van der Waals surface area contributed by atoms with Gasteiger partial charge in [0.25, 0.3) is 0 Å². The number of hydrogen-bond donors (Lipinski definition) is 1. The first-order valence-corrected chi connectivity index (χ1v) is 10.9. The minimum absolute atomic E-state index is 0.0103. The summed E-state index contributed by atoms with van der Waals surface area (Å²) in [5.41, 5.74) is 5.47. The van der Waals surface area contributed by atoms with Crippen molar-refractivity contribution >= 4 is 5.69 Å². The van der Waals surface area contributed by atoms with Gasteiger partial charge in [-0.05, 0) is 31.0 Å². The third kappa shape index (κ3) is 3.73. The molecule has 2 aromatic rings. The molecule has 3 aliphatic rings. The second-order valence-electron chi connectivity index (χ2n) is 8.18. The van der Waals surface area contributed by atoms with E-state index in [0.29, 0.717) is 32.3 Å². The lowest BCUT2D eigenvalue weighted by Gasteiger charge is -2.32. The zero-order valence-electron chi connectivity index (χ0n) is 17.5. The van der Waals surface area contributed by atoms with Crippen LogP contribution < -0.4 is 20.4 Å². The van der Waals surface area contributed by atoms with Crippen molar-refractivity contribution in [1.29, 1.82) is 0 Å². The van der Waals surface area contributed by atoms with E-state index < -0.39 is 0 Å². The molecule has 1 atom stereocenters. The maximum Gasteiger partial charge on any atom is 0.197 e. The number of hydrogen-bond acceptors (Lipinski definition) is 6. The third-order valence-corrected chi connectivity index (χ3v) is 6.25. The summed E-state index contributed by atoms with van der Waals surface area (Å²) in [6.45, 7) is 8.93. The molecule has 2 saturated heterocycles. The Hall–Kier alpha value is -2.35. The SMILES string of the molecule is Cc1c2n(c(OC[C@@H]3COCCO3)cc1=O)CCc1cc(N3CCNCC3)ccc1-2. The Kier molecular flexibility index (Phi) is 5.50. The van der Waals surface area contributed by atoms with Gasteiger partial charge < -0.3 is 29.0 Å². The maximum absolute atomic E-state index is 12.7. The van der Waals surface area contributed by atoms with E-state index in [-0.39, 0.29) is 11.5 Å². The van der Waals surface area contributed by atoms with Crippen LogP contribution in [0.5, 0.6) is 5.88 Å². The standard InChI is InChI=1S/C23H29N3O4/c1-16-21(27)13-22(30-15-19-14-28-10-11-29-19)26-7-4-17-12-18(2-3-20(17)23(16)26)25-8-5-24-6-9-25/h2-3,12-13,19,24H,4-11,14-15H2,1H3/t19-/m0/s1. The first-order valence-electron chi connectivity index (χ1n) is 10.9. The van der Waals surface area contributed by atoms with Crippen LogP contribution in [-0.2, 0) is 22.4 Å². The Bertz CT molecular complexity index is 975. The Morgan fingerprint density at radius 3 is 2.83 bits per heavy atom. The predicted molar refractivity (Wildman–Crippen MR) is 116 cm³/mol. The lowest BCUT2D eigenvalue weighted by molar-refractivity contribution is -0.102. The Balaban J connectivity index is 1.46. The number of piperazine rings is 1. The number of ether oxygens (including phenoxy) is 3. The zero-order chi connectivity index (χ0) is 20.5. The van der Waals surface area contributed by atoms with E-state index in [9.17, 15) is 4.79 Å². The lowest BCUT2D eigenvalue weighted by Crippen LogP contribution is -2.43. The van der Waals surface area contributed by atoms with E-state index in [0.717, 1.165) is 56.0 Å². The Labute approximate surface area is 176 Å². The summed E-state index contributed by atoms with van der Waals surface area (Å²) in [6, 6.07) is 8.27. The van der Waals surface area contributed by atoms with E-state index >= 15 is 0 Å². The largest absolute Gasteiger partial charge is 0.476 e. The average molecular weight is 412 g/mol. The second kappa shape index (κ2) is 8.41. The van der Waals surface area contributed by atoms with E-state index in [1.165, 1.54) is 11.3 Å². The average Bonchev–Trinajstić information content (AvgIpc) is 2.81. The Morgan fingerprint density at radius 1 is 1.17 bits per heavy atom. The zero-order valence-corrected chi connectivity index (χ0v) is 17.5. The molecule has 0 spiro atoms. The summed E-state index contributed by atoms with van der Waals surface area (Å²) < 4.78 is 19.3. The highest BCUT2D eigenvalue weighted by Gasteiger charge is 2.24. The fourth-order valence-electron chi connectivity index (χ4n) is 4.60. The van der Waals surface area contributed by atoms with Crippen molar-refractivity contribution in [2.24, 2.45) is 0 Å². The normalized spacial score (nSPS) is 21.1. The molecule has 30 heavy (non-hydrogen) atoms. The van der Waals surface area contributed by atoms with Gasteiger partial charge in [-0.2, -0.15) is 0 Å². The molecule has 3 aliphatic heterocycles. The molecule has 2 fully saturated rings. The van der Waals surface area contributed by atoms with Crippen LogP contribution in [0.1, 0.15) is 11.1 Å². The van der Waals surface area contributed by atoms with Gasteiger partial charge in [-0.3, -0.25) is 4.79 Å². The minimum atomic E-state index is -0.0936. The molecule has 0 unspecified atom stereocenters. The highest BCUT2D eigenvalue weighted by molar-refractivity contribution is 5.72. The van der Waals surface area contributed by atoms with Gasteiger partial charge in [-0.25, -0.2) is 0 Å². The molecule has 1 aromatic carbocycles. The number of nitrogens with one attached hydrogen (secondary N) is 1. The quantitative estimate of drug-likeness (QED) is 0.824. The molecular weight excluding hydrogens is 382 g/mol. The molecule has 0 radical (unpaired) electrons. The number of nitrogens with zero attached hydrogens (tertiary/aromatic N) is 2. The van der Waals surface area contributed by atoms with E-state index in [1.54, 1.807) is 6.07 Å². The Morgan fingerprint density at radius 2 is 2.03 bits per heavy atom. The molecule has 0 saturated carbocycles. The fourth-order valence-corrected chi connectivity index (χ4v) is 4.60. The van der Waals surface area contributed by atoms with Gasteiger partial charge in [0.1, 0.15) is 12.7 Å². The first-order chi connectivity index (χ1) is 14.7. The lowest BCUT2D eigenvalue weighted by atomic mass is 9.94. The highest BCUT2D eigenvalue weighted by Crippen LogP contribution is 2.36. The van der Waals surface area contributed by atoms with Crippen molar-refractivity contribution < 1.29 is 14.2 Å². The molecule has 5 rings (SSSR count). The van der Waals surface area contributed by atoms with Crippen LogP contribution in [0.25, 0.3) is 11.3 Å². The summed E-state index contributed by atoms with van der Waals surface area (Å²) in [5.74, 6) is 0.617. The summed E-state index contributed by atoms with van der Waals surface area (Å²) >= 11 is 0. The predicted octanol–water partition coefficient (Wildman–Crippen LogP) is 1.58. The maximum atomic E-state index is 12.7. The van der Waals surface area contributed by atoms with E-state index in [2.05, 4.69) is 33.0 Å². The number of aromatic nitrogens is 1. The van der Waals surface area contributed by atoms with Crippen LogP contribution in [-0.4, -0.2) is 63.3 Å². The van der Waals surface area contributed by atoms with Gasteiger partial charge in [0, 0.05) is 55.6 Å². The smallest absolute Gasteiger partial charge is 0.197 e. The van der Waals surface area contributed by atoms with Gasteiger partial charge >= 0.3 is 0 Å². The van der Waals surface area contributed by atoms with Crippen LogP contribution in [0, 0.1) is 6.92 Å². The molecule has 0 amide bonds. The van der Waals surface area contributed by atoms with Crippen LogP contribution in [0.2, 0.25) is 0 Å². The number of aryl methyl sites for hydroxylation is 1. The van der Waals surface area contributed by atoms with Crippen molar-refractivity contribution in [2.75, 3.05) is 57.5 Å². The number of rotatable bonds is 4. The van der Waals surface area contributed by atoms with E-state index in [4.69, 9.17) is 14.2 Å². The highest BCUT2D eigenvalue weighted by atomic mass is 16.6. The van der Waals surface area contributed by atoms with Gasteiger partial charge in [0.05, 0.1) is 25.5 Å². The van der Waals surface area contributed by atoms with Gasteiger partial charge in [-0.15, -0.1) is 0 Å². The first kappa shape index (κ1) is 19.6. The summed E-state index contributed by atoms with van der Waals surface area (Å²) in [7, 11) is 0. The van der Waals surface area contributed by atoms with Crippen LogP contribution in [0.3, 0.4) is 0 Å². The third-order valence-electron chi connectivity index (χ3n) is 6.25. The molecule has 1 N–H and O–H groups in total. The molecule has 4 heterocycles. The van der Waals surface area contributed by atoms with Crippen LogP contribution >= 0.6 is 0 Å². The molecule has 1 aromatic heterocycles. The van der Waals surface area contributed by atoms with Crippen molar-refractivity contribution in [3.63, 3.8) is 0 Å². The van der Waals surface area contributed by atoms with Crippen molar-refractivity contribution in [1.82, 2.24) is 9.88 Å². The van der Waals surface area contributed by atoms with Crippen molar-refractivity contribution in [3.05, 3.63) is 45.6 Å². The van der Waals surface area contributed by atoms with Crippen molar-refractivity contribution in [2.45, 2.75) is 26.0 Å². The monoisotopic (exact) mass is 411 g/mol. The summed E-state index contributed by atoms with van der Waals surface area (Å²) in [4.78, 5) is 15.2. The number of benzene rings is 1. The summed E-state index contributed by atoms with van der Waals surface area (Å²) in [5, 5.41) is 3.40. The fraction of sp³-hybridized carbons (Fsp3) is 0.522. The molecule has 0 aliphatic carbocycles. The molecule has 160 valence electrons. The number of fused-ring (bicyclic) bond motifs is 3. The van der Waals surface area contributed by atoms with Gasteiger partial charge in [-0.1, -0.05) is 6.07 Å².